The molecule has 1 unspecified atom stereocenters. The van der Waals surface area contributed by atoms with Crippen LogP contribution in [0, 0.1) is 12.8 Å². The van der Waals surface area contributed by atoms with E-state index >= 15 is 0 Å². The Morgan fingerprint density at radius 3 is 2.19 bits per heavy atom. The zero-order valence-electron chi connectivity index (χ0n) is 18.8. The molecule has 0 radical (unpaired) electrons. The zero-order valence-corrected chi connectivity index (χ0v) is 19.6. The van der Waals surface area contributed by atoms with Crippen molar-refractivity contribution in [1.82, 2.24) is 5.32 Å². The van der Waals surface area contributed by atoms with Crippen LogP contribution in [-0.2, 0) is 19.6 Å². The average molecular weight is 464 g/mol. The van der Waals surface area contributed by atoms with Crippen molar-refractivity contribution in [3.05, 3.63) is 48.0 Å². The lowest BCUT2D eigenvalue weighted by Crippen LogP contribution is -2.44. The van der Waals surface area contributed by atoms with Crippen molar-refractivity contribution in [3.8, 4) is 5.75 Å². The number of nitrogens with one attached hydrogen (secondary N) is 3. The Morgan fingerprint density at radius 1 is 1.00 bits per heavy atom. The second-order valence-electron chi connectivity index (χ2n) is 7.62. The van der Waals surface area contributed by atoms with E-state index in [0.29, 0.717) is 23.4 Å². The molecule has 2 aromatic rings. The summed E-state index contributed by atoms with van der Waals surface area (Å²) in [5.41, 5.74) is 1.17. The quantitative estimate of drug-likeness (QED) is 0.523. The number of rotatable bonds is 9. The molecule has 0 saturated carbocycles. The highest BCUT2D eigenvalue weighted by Gasteiger charge is 2.24. The number of carbonyl (C=O) groups excluding carboxylic acids is 2. The van der Waals surface area contributed by atoms with Crippen LogP contribution in [0.4, 0.5) is 16.2 Å². The maximum absolute atomic E-state index is 12.9. The lowest BCUT2D eigenvalue weighted by molar-refractivity contribution is -0.118. The van der Waals surface area contributed by atoms with E-state index in [1.807, 2.05) is 13.8 Å². The van der Waals surface area contributed by atoms with Crippen molar-refractivity contribution in [1.29, 1.82) is 0 Å². The molecule has 0 aromatic heterocycles. The van der Waals surface area contributed by atoms with Crippen molar-refractivity contribution in [2.75, 3.05) is 24.3 Å². The first kappa shape index (κ1) is 25.0. The largest absolute Gasteiger partial charge is 0.497 e. The third-order valence-corrected chi connectivity index (χ3v) is 6.11. The van der Waals surface area contributed by atoms with Crippen LogP contribution in [-0.4, -0.2) is 40.7 Å². The van der Waals surface area contributed by atoms with E-state index in [1.54, 1.807) is 43.3 Å². The summed E-state index contributed by atoms with van der Waals surface area (Å²) in [5, 5.41) is 5.18. The van der Waals surface area contributed by atoms with Gasteiger partial charge in [-0.1, -0.05) is 19.9 Å². The molecule has 32 heavy (non-hydrogen) atoms. The number of ether oxygens (including phenoxy) is 2. The van der Waals surface area contributed by atoms with Gasteiger partial charge < -0.3 is 20.1 Å². The fraction of sp³-hybridized carbons (Fsp3) is 0.364. The summed E-state index contributed by atoms with van der Waals surface area (Å²) in [7, 11) is -1.18. The highest BCUT2D eigenvalue weighted by molar-refractivity contribution is 7.92. The number of alkyl carbamates (subject to hydrolysis) is 1. The minimum absolute atomic E-state index is 0.0208. The molecule has 0 aliphatic carbocycles. The first-order valence-corrected chi connectivity index (χ1v) is 11.5. The van der Waals surface area contributed by atoms with E-state index in [2.05, 4.69) is 20.1 Å². The van der Waals surface area contributed by atoms with Gasteiger partial charge in [-0.3, -0.25) is 9.52 Å². The maximum atomic E-state index is 12.9. The van der Waals surface area contributed by atoms with Crippen LogP contribution in [0.15, 0.2) is 47.4 Å². The number of carbonyl (C=O) groups is 2. The lowest BCUT2D eigenvalue weighted by atomic mass is 10.0. The molecular weight excluding hydrogens is 434 g/mol. The van der Waals surface area contributed by atoms with Crippen molar-refractivity contribution >= 4 is 33.4 Å². The molecule has 0 heterocycles. The summed E-state index contributed by atoms with van der Waals surface area (Å²) in [5.74, 6) is 0.260. The van der Waals surface area contributed by atoms with Crippen LogP contribution in [0.1, 0.15) is 25.8 Å². The van der Waals surface area contributed by atoms with E-state index < -0.39 is 28.1 Å². The number of anilines is 2. The summed E-state index contributed by atoms with van der Waals surface area (Å²) >= 11 is 0. The minimum Gasteiger partial charge on any atom is -0.497 e. The second-order valence-corrected chi connectivity index (χ2v) is 9.27. The molecule has 0 bridgehead atoms. The number of amides is 2. The summed E-state index contributed by atoms with van der Waals surface area (Å²) in [6.07, 6.45) is -0.335. The molecule has 9 nitrogen and oxygen atoms in total. The highest BCUT2D eigenvalue weighted by atomic mass is 32.2. The Morgan fingerprint density at radius 2 is 1.62 bits per heavy atom. The summed E-state index contributed by atoms with van der Waals surface area (Å²) < 4.78 is 38.1. The minimum atomic E-state index is -3.92. The molecule has 174 valence electrons. The topological polar surface area (TPSA) is 123 Å². The van der Waals surface area contributed by atoms with Gasteiger partial charge in [-0.05, 0) is 61.2 Å². The van der Waals surface area contributed by atoms with Gasteiger partial charge in [0.15, 0.2) is 0 Å². The average Bonchev–Trinajstić information content (AvgIpc) is 2.74. The summed E-state index contributed by atoms with van der Waals surface area (Å²) in [4.78, 5) is 24.4. The van der Waals surface area contributed by atoms with Crippen LogP contribution in [0.3, 0.4) is 0 Å². The third-order valence-electron chi connectivity index (χ3n) is 4.59. The van der Waals surface area contributed by atoms with Gasteiger partial charge in [0.25, 0.3) is 10.0 Å². The molecule has 2 rings (SSSR count). The fourth-order valence-corrected chi connectivity index (χ4v) is 4.30. The number of hydrogen-bond donors (Lipinski definition) is 3. The van der Waals surface area contributed by atoms with E-state index in [1.165, 1.54) is 20.3 Å². The number of methoxy groups -OCH3 is 2. The zero-order chi connectivity index (χ0) is 23.9. The standard InChI is InChI=1S/C22H29N3O6S/c1-14(2)12-19(24-22(27)31-5)21(26)23-17-7-6-15(3)20(13-17)32(28,29)25-16-8-10-18(30-4)11-9-16/h6-11,13-14,19,25H,12H2,1-5H3,(H,23,26)(H,24,27). The molecule has 2 aromatic carbocycles. The Hall–Kier alpha value is -3.27. The van der Waals surface area contributed by atoms with Crippen LogP contribution >= 0.6 is 0 Å². The van der Waals surface area contributed by atoms with Crippen LogP contribution in [0.25, 0.3) is 0 Å². The smallest absolute Gasteiger partial charge is 0.407 e. The second kappa shape index (κ2) is 10.9. The van der Waals surface area contributed by atoms with E-state index in [4.69, 9.17) is 4.74 Å². The lowest BCUT2D eigenvalue weighted by Gasteiger charge is -2.20. The monoisotopic (exact) mass is 463 g/mol. The number of aryl methyl sites for hydroxylation is 1. The number of sulfonamides is 1. The Balaban J connectivity index is 2.24. The normalized spacial score (nSPS) is 12.1. The Kier molecular flexibility index (Phi) is 8.48. The van der Waals surface area contributed by atoms with Crippen molar-refractivity contribution in [3.63, 3.8) is 0 Å². The van der Waals surface area contributed by atoms with Gasteiger partial charge in [0.1, 0.15) is 11.8 Å². The first-order valence-electron chi connectivity index (χ1n) is 9.98. The first-order chi connectivity index (χ1) is 15.1. The summed E-state index contributed by atoms with van der Waals surface area (Å²) in [6.45, 7) is 5.50. The third kappa shape index (κ3) is 6.88. The van der Waals surface area contributed by atoms with Crippen LogP contribution in [0.2, 0.25) is 0 Å². The molecule has 0 aliphatic rings. The van der Waals surface area contributed by atoms with Gasteiger partial charge in [-0.2, -0.15) is 0 Å². The predicted molar refractivity (Wildman–Crippen MR) is 122 cm³/mol. The van der Waals surface area contributed by atoms with Crippen LogP contribution < -0.4 is 20.1 Å². The molecule has 2 amide bonds. The summed E-state index contributed by atoms with van der Waals surface area (Å²) in [6, 6.07) is 10.2. The van der Waals surface area contributed by atoms with Crippen molar-refractivity contribution in [2.24, 2.45) is 5.92 Å². The molecule has 0 saturated heterocycles. The van der Waals surface area contributed by atoms with Gasteiger partial charge >= 0.3 is 6.09 Å². The van der Waals surface area contributed by atoms with Gasteiger partial charge in [-0.25, -0.2) is 13.2 Å². The molecule has 10 heteroatoms. The fourth-order valence-electron chi connectivity index (χ4n) is 2.97. The molecule has 1 atom stereocenters. The van der Waals surface area contributed by atoms with Gasteiger partial charge in [0.05, 0.1) is 19.1 Å². The molecular formula is C22H29N3O6S. The van der Waals surface area contributed by atoms with Gasteiger partial charge in [0, 0.05) is 11.4 Å². The van der Waals surface area contributed by atoms with E-state index in [-0.39, 0.29) is 16.5 Å². The molecule has 0 aliphatic heterocycles. The Bertz CT molecular complexity index is 1050. The number of benzene rings is 2. The van der Waals surface area contributed by atoms with Crippen molar-refractivity contribution < 1.29 is 27.5 Å². The SMILES string of the molecule is COC(=O)NC(CC(C)C)C(=O)Nc1ccc(C)c(S(=O)(=O)Nc2ccc(OC)cc2)c1. The molecule has 0 fully saturated rings. The van der Waals surface area contributed by atoms with E-state index in [0.717, 1.165) is 0 Å². The van der Waals surface area contributed by atoms with Crippen LogP contribution in [0.5, 0.6) is 5.75 Å². The van der Waals surface area contributed by atoms with E-state index in [9.17, 15) is 18.0 Å². The highest BCUT2D eigenvalue weighted by Crippen LogP contribution is 2.24. The van der Waals surface area contributed by atoms with Gasteiger partial charge in [0.2, 0.25) is 5.91 Å². The number of hydrogen-bond acceptors (Lipinski definition) is 6. The Labute approximate surface area is 188 Å². The maximum Gasteiger partial charge on any atom is 0.407 e. The van der Waals surface area contributed by atoms with Crippen molar-refractivity contribution in [2.45, 2.75) is 38.1 Å². The predicted octanol–water partition coefficient (Wildman–Crippen LogP) is 3.51. The van der Waals surface area contributed by atoms with Gasteiger partial charge in [-0.15, -0.1) is 0 Å². The molecule has 0 spiro atoms. The molecule has 3 N–H and O–H groups in total.